The molecule has 0 aliphatic carbocycles. The van der Waals surface area contributed by atoms with E-state index in [2.05, 4.69) is 10.1 Å². The van der Waals surface area contributed by atoms with Crippen LogP contribution in [0.1, 0.15) is 16.7 Å². The Labute approximate surface area is 228 Å². The number of urea groups is 1. The molecule has 0 aliphatic rings. The van der Waals surface area contributed by atoms with Gasteiger partial charge in [0, 0.05) is 12.5 Å². The van der Waals surface area contributed by atoms with Gasteiger partial charge in [-0.15, -0.1) is 0 Å². The molecule has 0 spiro atoms. The third-order valence-corrected chi connectivity index (χ3v) is 5.79. The molecule has 0 bridgehead atoms. The van der Waals surface area contributed by atoms with Gasteiger partial charge in [0.05, 0.1) is 19.2 Å². The summed E-state index contributed by atoms with van der Waals surface area (Å²) < 4.78 is 118. The van der Waals surface area contributed by atoms with Crippen LogP contribution in [0.2, 0.25) is 0 Å². The van der Waals surface area contributed by atoms with Gasteiger partial charge in [-0.05, 0) is 41.0 Å². The van der Waals surface area contributed by atoms with Crippen LogP contribution in [0.15, 0.2) is 66.7 Å². The Morgan fingerprint density at radius 1 is 0.976 bits per heavy atom. The van der Waals surface area contributed by atoms with Gasteiger partial charge in [0.2, 0.25) is 0 Å². The van der Waals surface area contributed by atoms with Crippen LogP contribution < -0.4 is 20.1 Å². The molecule has 14 heteroatoms. The second-order valence-corrected chi connectivity index (χ2v) is 8.68. The fourth-order valence-corrected chi connectivity index (χ4v) is 3.93. The van der Waals surface area contributed by atoms with Gasteiger partial charge < -0.3 is 20.1 Å². The zero-order chi connectivity index (χ0) is 30.4. The van der Waals surface area contributed by atoms with Crippen LogP contribution in [0.3, 0.4) is 0 Å². The molecular weight excluding hydrogens is 566 g/mol. The van der Waals surface area contributed by atoms with Crippen molar-refractivity contribution in [2.24, 2.45) is 0 Å². The number of nitriles is 1. The van der Waals surface area contributed by atoms with Crippen molar-refractivity contribution in [2.75, 3.05) is 13.7 Å². The molecule has 0 fully saturated rings. The van der Waals surface area contributed by atoms with Crippen LogP contribution in [-0.4, -0.2) is 38.1 Å². The van der Waals surface area contributed by atoms with Crippen molar-refractivity contribution in [3.63, 3.8) is 0 Å². The van der Waals surface area contributed by atoms with Crippen LogP contribution in [0, 0.1) is 23.0 Å². The Morgan fingerprint density at radius 3 is 2.27 bits per heavy atom. The molecule has 2 N–H and O–H groups in total. The summed E-state index contributed by atoms with van der Waals surface area (Å²) in [5.41, 5.74) is -2.09. The fourth-order valence-electron chi connectivity index (χ4n) is 3.93. The molecule has 0 unspecified atom stereocenters. The van der Waals surface area contributed by atoms with Crippen LogP contribution >= 0.6 is 0 Å². The number of carbonyl (C=O) groups excluding carboxylic acids is 1. The van der Waals surface area contributed by atoms with Gasteiger partial charge in [0.25, 0.3) is 0 Å². The first-order valence-corrected chi connectivity index (χ1v) is 11.6. The predicted octanol–water partition coefficient (Wildman–Crippen LogP) is 6.15. The van der Waals surface area contributed by atoms with E-state index < -0.39 is 54.0 Å². The lowest BCUT2D eigenvalue weighted by atomic mass is 9.77. The normalized spacial score (nSPS) is 13.2. The number of amides is 2. The standard InChI is InChI=1S/C27H21F8N3O3/c1-40-22-11-17(7-8-21(22)29)26(13-16-5-3-2-4-6-16,38-24(39)37-15-25(32,33)14-36)18-9-19(28)12-20(10-18)41-27(34,35)23(30)31/h2-12,23H,13,15H2,1H3,(H2,37,38,39)/t26-/m1/s1. The molecule has 0 aromatic heterocycles. The van der Waals surface area contributed by atoms with E-state index in [1.165, 1.54) is 0 Å². The van der Waals surface area contributed by atoms with Crippen molar-refractivity contribution in [2.45, 2.75) is 30.4 Å². The number of carbonyl (C=O) groups is 1. The Morgan fingerprint density at radius 2 is 1.66 bits per heavy atom. The predicted molar refractivity (Wildman–Crippen MR) is 129 cm³/mol. The summed E-state index contributed by atoms with van der Waals surface area (Å²) in [6, 6.07) is 12.3. The number of methoxy groups -OCH3 is 1. The quantitative estimate of drug-likeness (QED) is 0.264. The second kappa shape index (κ2) is 12.3. The van der Waals surface area contributed by atoms with Crippen molar-refractivity contribution in [3.05, 3.63) is 95.1 Å². The molecule has 2 amide bonds. The highest BCUT2D eigenvalue weighted by Gasteiger charge is 2.45. The number of ether oxygens (including phenoxy) is 2. The van der Waals surface area contributed by atoms with Gasteiger partial charge in [0.15, 0.2) is 11.6 Å². The lowest BCUT2D eigenvalue weighted by molar-refractivity contribution is -0.253. The lowest BCUT2D eigenvalue weighted by Gasteiger charge is -2.37. The first kappa shape index (κ1) is 31.0. The zero-order valence-corrected chi connectivity index (χ0v) is 21.0. The number of halogens is 8. The van der Waals surface area contributed by atoms with Crippen molar-refractivity contribution in [3.8, 4) is 17.6 Å². The first-order valence-electron chi connectivity index (χ1n) is 11.6. The number of hydrogen-bond acceptors (Lipinski definition) is 4. The first-order chi connectivity index (χ1) is 19.2. The van der Waals surface area contributed by atoms with E-state index in [0.29, 0.717) is 17.7 Å². The van der Waals surface area contributed by atoms with Gasteiger partial charge in [-0.25, -0.2) is 13.6 Å². The third-order valence-electron chi connectivity index (χ3n) is 5.79. The average molecular weight is 587 g/mol. The number of nitrogens with one attached hydrogen (secondary N) is 2. The largest absolute Gasteiger partial charge is 0.494 e. The van der Waals surface area contributed by atoms with E-state index >= 15 is 0 Å². The Bertz CT molecular complexity index is 1420. The Balaban J connectivity index is 2.28. The lowest BCUT2D eigenvalue weighted by Crippen LogP contribution is -2.53. The van der Waals surface area contributed by atoms with E-state index in [9.17, 15) is 39.9 Å². The van der Waals surface area contributed by atoms with Crippen molar-refractivity contribution in [1.82, 2.24) is 10.6 Å². The van der Waals surface area contributed by atoms with E-state index in [4.69, 9.17) is 10.00 Å². The summed E-state index contributed by atoms with van der Waals surface area (Å²) in [6.07, 6.45) is -9.64. The molecule has 0 heterocycles. The minimum absolute atomic E-state index is 0.0565. The van der Waals surface area contributed by atoms with Gasteiger partial charge >= 0.3 is 24.5 Å². The highest BCUT2D eigenvalue weighted by Crippen LogP contribution is 2.39. The van der Waals surface area contributed by atoms with Crippen LogP contribution in [-0.2, 0) is 12.0 Å². The molecule has 0 saturated carbocycles. The highest BCUT2D eigenvalue weighted by atomic mass is 19.3. The van der Waals surface area contributed by atoms with E-state index in [-0.39, 0.29) is 23.3 Å². The maximum atomic E-state index is 14.8. The van der Waals surface area contributed by atoms with Crippen molar-refractivity contribution < 1.29 is 49.4 Å². The van der Waals surface area contributed by atoms with Crippen LogP contribution in [0.4, 0.5) is 39.9 Å². The van der Waals surface area contributed by atoms with Gasteiger partial charge in [-0.1, -0.05) is 36.4 Å². The monoisotopic (exact) mass is 587 g/mol. The summed E-state index contributed by atoms with van der Waals surface area (Å²) in [5, 5.41) is 12.8. The number of rotatable bonds is 11. The molecule has 0 saturated heterocycles. The molecular formula is C27H21F8N3O3. The maximum Gasteiger partial charge on any atom is 0.461 e. The average Bonchev–Trinajstić information content (AvgIpc) is 2.91. The van der Waals surface area contributed by atoms with Crippen molar-refractivity contribution >= 4 is 6.03 Å². The Kier molecular flexibility index (Phi) is 9.31. The number of hydrogen-bond donors (Lipinski definition) is 2. The number of alkyl halides is 6. The molecule has 0 radical (unpaired) electrons. The summed E-state index contributed by atoms with van der Waals surface area (Å²) in [7, 11) is 1.12. The topological polar surface area (TPSA) is 83.4 Å². The molecule has 218 valence electrons. The summed E-state index contributed by atoms with van der Waals surface area (Å²) in [5.74, 6) is -7.51. The third kappa shape index (κ3) is 7.56. The van der Waals surface area contributed by atoms with Crippen molar-refractivity contribution in [1.29, 1.82) is 5.26 Å². The second-order valence-electron chi connectivity index (χ2n) is 8.68. The van der Waals surface area contributed by atoms with E-state index in [1.54, 1.807) is 35.6 Å². The molecule has 3 aromatic carbocycles. The highest BCUT2D eigenvalue weighted by molar-refractivity contribution is 5.76. The minimum atomic E-state index is -5.03. The minimum Gasteiger partial charge on any atom is -0.494 e. The summed E-state index contributed by atoms with van der Waals surface area (Å²) in [6.45, 7) is -1.44. The zero-order valence-electron chi connectivity index (χ0n) is 21.0. The number of nitrogens with zero attached hydrogens (tertiary/aromatic N) is 1. The van der Waals surface area contributed by atoms with Gasteiger partial charge in [0.1, 0.15) is 17.6 Å². The van der Waals surface area contributed by atoms with E-state index in [1.807, 2.05) is 0 Å². The van der Waals surface area contributed by atoms with Gasteiger partial charge in [-0.3, -0.25) is 0 Å². The molecule has 0 aliphatic heterocycles. The smallest absolute Gasteiger partial charge is 0.461 e. The molecule has 41 heavy (non-hydrogen) atoms. The van der Waals surface area contributed by atoms with Crippen LogP contribution in [0.25, 0.3) is 0 Å². The summed E-state index contributed by atoms with van der Waals surface area (Å²) >= 11 is 0. The fraction of sp³-hybridized carbons (Fsp3) is 0.259. The molecule has 6 nitrogen and oxygen atoms in total. The number of benzene rings is 3. The van der Waals surface area contributed by atoms with Gasteiger partial charge in [-0.2, -0.15) is 31.6 Å². The van der Waals surface area contributed by atoms with E-state index in [0.717, 1.165) is 37.4 Å². The SMILES string of the molecule is COc1cc([C@@](Cc2ccccc2)(NC(=O)NCC(F)(F)C#N)c2cc(F)cc(OC(F)(F)C(F)F)c2)ccc1F. The molecule has 3 aromatic rings. The van der Waals surface area contributed by atoms with Crippen LogP contribution in [0.5, 0.6) is 11.5 Å². The Hall–Kier alpha value is -4.54. The molecule has 3 rings (SSSR count). The molecule has 1 atom stereocenters. The summed E-state index contributed by atoms with van der Waals surface area (Å²) in [4.78, 5) is 13.0. The maximum absolute atomic E-state index is 14.8.